The molecule has 0 fully saturated rings. The molecule has 134 valence electrons. The van der Waals surface area contributed by atoms with Crippen LogP contribution in [0.15, 0.2) is 35.6 Å². The number of aryl methyl sites for hydroxylation is 1. The molecule has 0 bridgehead atoms. The number of pyridine rings is 1. The van der Waals surface area contributed by atoms with E-state index < -0.39 is 0 Å². The highest BCUT2D eigenvalue weighted by Crippen LogP contribution is 2.25. The topological polar surface area (TPSA) is 120 Å². The molecule has 9 heteroatoms. The molecule has 2 heterocycles. The number of fused-ring (bicyclic) bond motifs is 1. The highest BCUT2D eigenvalue weighted by molar-refractivity contribution is 7.22. The molecule has 0 unspecified atom stereocenters. The summed E-state index contributed by atoms with van der Waals surface area (Å²) in [4.78, 5) is 20.2. The standard InChI is InChI=1S/C17H17N5O3S/c1-10-16(25)12(11(9-23)6-18-10)7-20-22-15(24)8-19-17-21-13-4-2-3-5-14(13)26-17/h2-7,23,25H,8-9H2,1H3,(H,19,21)(H,22,24)/b20-7+. The average molecular weight is 371 g/mol. The third-order valence-corrected chi connectivity index (χ3v) is 4.60. The van der Waals surface area contributed by atoms with E-state index in [4.69, 9.17) is 0 Å². The summed E-state index contributed by atoms with van der Waals surface area (Å²) in [5.41, 5.74) is 4.38. The molecule has 4 N–H and O–H groups in total. The van der Waals surface area contributed by atoms with Crippen molar-refractivity contribution in [3.63, 3.8) is 0 Å². The van der Waals surface area contributed by atoms with E-state index in [1.165, 1.54) is 23.7 Å². The Balaban J connectivity index is 1.59. The zero-order chi connectivity index (χ0) is 18.5. The lowest BCUT2D eigenvalue weighted by atomic mass is 10.1. The third kappa shape index (κ3) is 3.95. The zero-order valence-electron chi connectivity index (χ0n) is 13.9. The minimum Gasteiger partial charge on any atom is -0.505 e. The number of aliphatic hydroxyl groups is 1. The van der Waals surface area contributed by atoms with Crippen molar-refractivity contribution in [2.24, 2.45) is 5.10 Å². The molecule has 8 nitrogen and oxygen atoms in total. The molecule has 0 spiro atoms. The number of carbonyl (C=O) groups excluding carboxylic acids is 1. The van der Waals surface area contributed by atoms with Crippen LogP contribution in [0.1, 0.15) is 16.8 Å². The van der Waals surface area contributed by atoms with Gasteiger partial charge >= 0.3 is 0 Å². The number of nitrogens with one attached hydrogen (secondary N) is 2. The summed E-state index contributed by atoms with van der Waals surface area (Å²) in [5.74, 6) is -0.446. The predicted molar refractivity (Wildman–Crippen MR) is 100 cm³/mol. The molecule has 1 amide bonds. The van der Waals surface area contributed by atoms with Gasteiger partial charge in [-0.3, -0.25) is 9.78 Å². The van der Waals surface area contributed by atoms with Crippen molar-refractivity contribution in [1.82, 2.24) is 15.4 Å². The molecule has 0 saturated carbocycles. The van der Waals surface area contributed by atoms with Crippen molar-refractivity contribution in [2.75, 3.05) is 11.9 Å². The van der Waals surface area contributed by atoms with Gasteiger partial charge in [-0.25, -0.2) is 10.4 Å². The normalized spacial score (nSPS) is 11.2. The summed E-state index contributed by atoms with van der Waals surface area (Å²) < 4.78 is 1.04. The number of nitrogens with zero attached hydrogens (tertiary/aromatic N) is 3. The van der Waals surface area contributed by atoms with E-state index in [0.29, 0.717) is 22.0 Å². The predicted octanol–water partition coefficient (Wildman–Crippen LogP) is 1.76. The molecule has 0 saturated heterocycles. The second-order valence-corrected chi connectivity index (χ2v) is 6.45. The monoisotopic (exact) mass is 371 g/mol. The van der Waals surface area contributed by atoms with Crippen LogP contribution < -0.4 is 10.7 Å². The van der Waals surface area contributed by atoms with Crippen LogP contribution in [0.3, 0.4) is 0 Å². The zero-order valence-corrected chi connectivity index (χ0v) is 14.7. The van der Waals surface area contributed by atoms with Crippen LogP contribution in [0.4, 0.5) is 5.13 Å². The first kappa shape index (κ1) is 17.8. The summed E-state index contributed by atoms with van der Waals surface area (Å²) in [6.45, 7) is 1.34. The van der Waals surface area contributed by atoms with Crippen LogP contribution in [0, 0.1) is 6.92 Å². The van der Waals surface area contributed by atoms with Gasteiger partial charge in [0.1, 0.15) is 5.75 Å². The number of aromatic nitrogens is 2. The van der Waals surface area contributed by atoms with Gasteiger partial charge in [0.2, 0.25) is 0 Å². The quantitative estimate of drug-likeness (QED) is 0.387. The fraction of sp³-hybridized carbons (Fsp3) is 0.176. The molecular formula is C17H17N5O3S. The van der Waals surface area contributed by atoms with Crippen molar-refractivity contribution < 1.29 is 15.0 Å². The lowest BCUT2D eigenvalue weighted by molar-refractivity contribution is -0.119. The van der Waals surface area contributed by atoms with E-state index in [0.717, 1.165) is 10.2 Å². The number of carbonyl (C=O) groups is 1. The minimum atomic E-state index is -0.365. The summed E-state index contributed by atoms with van der Waals surface area (Å²) in [5, 5.41) is 26.7. The Labute approximate surface area is 153 Å². The Morgan fingerprint density at radius 2 is 2.19 bits per heavy atom. The van der Waals surface area contributed by atoms with Gasteiger partial charge in [-0.15, -0.1) is 0 Å². The van der Waals surface area contributed by atoms with E-state index in [1.807, 2.05) is 24.3 Å². The van der Waals surface area contributed by atoms with Gasteiger partial charge in [-0.1, -0.05) is 23.5 Å². The van der Waals surface area contributed by atoms with Crippen molar-refractivity contribution >= 4 is 38.8 Å². The third-order valence-electron chi connectivity index (χ3n) is 3.61. The molecule has 1 aromatic carbocycles. The van der Waals surface area contributed by atoms with Crippen LogP contribution in [0.2, 0.25) is 0 Å². The molecule has 26 heavy (non-hydrogen) atoms. The molecule has 0 aliphatic carbocycles. The van der Waals surface area contributed by atoms with Crippen molar-refractivity contribution in [2.45, 2.75) is 13.5 Å². The van der Waals surface area contributed by atoms with Crippen molar-refractivity contribution in [3.8, 4) is 5.75 Å². The maximum absolute atomic E-state index is 11.9. The Bertz CT molecular complexity index is 937. The van der Waals surface area contributed by atoms with Gasteiger partial charge in [-0.05, 0) is 19.1 Å². The molecule has 3 aromatic rings. The first-order chi connectivity index (χ1) is 12.6. The molecule has 0 atom stereocenters. The van der Waals surface area contributed by atoms with Gasteiger partial charge in [0.05, 0.1) is 35.3 Å². The van der Waals surface area contributed by atoms with Crippen LogP contribution >= 0.6 is 11.3 Å². The number of aliphatic hydroxyl groups excluding tert-OH is 1. The number of hydrogen-bond donors (Lipinski definition) is 4. The number of thiazole rings is 1. The van der Waals surface area contributed by atoms with Gasteiger partial charge in [0.15, 0.2) is 5.13 Å². The fourth-order valence-electron chi connectivity index (χ4n) is 2.23. The second-order valence-electron chi connectivity index (χ2n) is 5.42. The number of benzene rings is 1. The molecule has 0 aliphatic heterocycles. The van der Waals surface area contributed by atoms with Gasteiger partial charge in [-0.2, -0.15) is 5.10 Å². The van der Waals surface area contributed by atoms with Crippen LogP contribution in [-0.2, 0) is 11.4 Å². The number of aromatic hydroxyl groups is 1. The van der Waals surface area contributed by atoms with E-state index in [2.05, 4.69) is 25.8 Å². The van der Waals surface area contributed by atoms with E-state index in [-0.39, 0.29) is 24.8 Å². The molecular weight excluding hydrogens is 354 g/mol. The largest absolute Gasteiger partial charge is 0.505 e. The number of hydrogen-bond acceptors (Lipinski definition) is 8. The number of anilines is 1. The number of amides is 1. The van der Waals surface area contributed by atoms with E-state index in [1.54, 1.807) is 6.92 Å². The van der Waals surface area contributed by atoms with E-state index >= 15 is 0 Å². The summed E-state index contributed by atoms with van der Waals surface area (Å²) in [6, 6.07) is 7.71. The lowest BCUT2D eigenvalue weighted by Gasteiger charge is -2.07. The summed E-state index contributed by atoms with van der Waals surface area (Å²) in [7, 11) is 0. The van der Waals surface area contributed by atoms with Crippen molar-refractivity contribution in [1.29, 1.82) is 0 Å². The first-order valence-corrected chi connectivity index (χ1v) is 8.59. The van der Waals surface area contributed by atoms with Gasteiger partial charge in [0, 0.05) is 17.3 Å². The highest BCUT2D eigenvalue weighted by atomic mass is 32.1. The van der Waals surface area contributed by atoms with E-state index in [9.17, 15) is 15.0 Å². The average Bonchev–Trinajstić information content (AvgIpc) is 3.06. The Hall–Kier alpha value is -3.04. The smallest absolute Gasteiger partial charge is 0.259 e. The van der Waals surface area contributed by atoms with Crippen LogP contribution in [0.5, 0.6) is 5.75 Å². The van der Waals surface area contributed by atoms with Crippen LogP contribution in [0.25, 0.3) is 10.2 Å². The number of rotatable bonds is 6. The Kier molecular flexibility index (Phi) is 5.40. The first-order valence-electron chi connectivity index (χ1n) is 7.78. The Morgan fingerprint density at radius 3 is 2.96 bits per heavy atom. The molecule has 3 rings (SSSR count). The fourth-order valence-corrected chi connectivity index (χ4v) is 3.10. The maximum Gasteiger partial charge on any atom is 0.259 e. The van der Waals surface area contributed by atoms with Crippen LogP contribution in [-0.4, -0.2) is 38.8 Å². The minimum absolute atomic E-state index is 0.00533. The Morgan fingerprint density at radius 1 is 1.38 bits per heavy atom. The molecule has 0 aliphatic rings. The summed E-state index contributed by atoms with van der Waals surface area (Å²) >= 11 is 1.46. The van der Waals surface area contributed by atoms with Crippen molar-refractivity contribution in [3.05, 3.63) is 47.3 Å². The number of hydrazone groups is 1. The maximum atomic E-state index is 11.9. The highest BCUT2D eigenvalue weighted by Gasteiger charge is 2.10. The SMILES string of the molecule is Cc1ncc(CO)c(/C=N/NC(=O)CNc2nc3ccccc3s2)c1O. The van der Waals surface area contributed by atoms with Gasteiger partial charge < -0.3 is 15.5 Å². The lowest BCUT2D eigenvalue weighted by Crippen LogP contribution is -2.25. The van der Waals surface area contributed by atoms with Gasteiger partial charge in [0.25, 0.3) is 5.91 Å². The molecule has 2 aromatic heterocycles. The summed E-state index contributed by atoms with van der Waals surface area (Å²) in [6.07, 6.45) is 2.73. The second kappa shape index (κ2) is 7.89. The number of para-hydroxylation sites is 1. The molecule has 0 radical (unpaired) electrons.